The Balaban J connectivity index is 2.15. The Morgan fingerprint density at radius 3 is 2.64 bits per heavy atom. The number of hydrogen-bond donors (Lipinski definition) is 2. The van der Waals surface area contributed by atoms with Crippen molar-refractivity contribution in [3.8, 4) is 0 Å². The van der Waals surface area contributed by atoms with E-state index in [1.54, 1.807) is 10.6 Å². The summed E-state index contributed by atoms with van der Waals surface area (Å²) in [6.45, 7) is 5.69. The van der Waals surface area contributed by atoms with Gasteiger partial charge in [-0.25, -0.2) is 4.98 Å². The number of aromatic nitrogens is 2. The molecule has 0 atom stereocenters. The van der Waals surface area contributed by atoms with E-state index in [1.807, 2.05) is 39.1 Å². The van der Waals surface area contributed by atoms with Gasteiger partial charge in [0.15, 0.2) is 0 Å². The molecule has 0 radical (unpaired) electrons. The lowest BCUT2D eigenvalue weighted by Crippen LogP contribution is -2.42. The van der Waals surface area contributed by atoms with Gasteiger partial charge in [0, 0.05) is 18.9 Å². The molecule has 6 nitrogen and oxygen atoms in total. The van der Waals surface area contributed by atoms with Crippen LogP contribution in [0.5, 0.6) is 0 Å². The van der Waals surface area contributed by atoms with E-state index in [1.165, 1.54) is 0 Å². The minimum Gasteiger partial charge on any atom is -0.481 e. The topological polar surface area (TPSA) is 83.7 Å². The number of carbonyl (C=O) groups is 2. The molecule has 0 aliphatic carbocycles. The lowest BCUT2D eigenvalue weighted by Gasteiger charge is -2.26. The molecule has 0 spiro atoms. The van der Waals surface area contributed by atoms with Crippen molar-refractivity contribution in [3.63, 3.8) is 0 Å². The van der Waals surface area contributed by atoms with Crippen molar-refractivity contribution in [2.45, 2.75) is 33.6 Å². The van der Waals surface area contributed by atoms with Crippen LogP contribution in [-0.2, 0) is 4.79 Å². The molecule has 6 heteroatoms. The van der Waals surface area contributed by atoms with Crippen molar-refractivity contribution in [2.24, 2.45) is 5.41 Å². The van der Waals surface area contributed by atoms with Gasteiger partial charge in [-0.05, 0) is 37.5 Å². The summed E-state index contributed by atoms with van der Waals surface area (Å²) >= 11 is 0. The first-order valence-corrected chi connectivity index (χ1v) is 7.39. The Hall–Kier alpha value is -2.37. The maximum absolute atomic E-state index is 12.2. The molecule has 0 aliphatic heterocycles. The van der Waals surface area contributed by atoms with Gasteiger partial charge in [-0.2, -0.15) is 0 Å². The predicted molar refractivity (Wildman–Crippen MR) is 82.9 cm³/mol. The third-order valence-corrected chi connectivity index (χ3v) is 4.24. The summed E-state index contributed by atoms with van der Waals surface area (Å²) in [7, 11) is 0. The summed E-state index contributed by atoms with van der Waals surface area (Å²) < 4.78 is 1.77. The molecular formula is C16H21N3O3. The van der Waals surface area contributed by atoms with Crippen molar-refractivity contribution in [2.75, 3.05) is 6.54 Å². The molecule has 0 saturated heterocycles. The number of carboxylic acids is 1. The van der Waals surface area contributed by atoms with E-state index < -0.39 is 11.4 Å². The van der Waals surface area contributed by atoms with Crippen molar-refractivity contribution in [3.05, 3.63) is 35.8 Å². The van der Waals surface area contributed by atoms with Gasteiger partial charge in [-0.1, -0.05) is 13.8 Å². The maximum atomic E-state index is 12.2. The van der Waals surface area contributed by atoms with Gasteiger partial charge in [0.1, 0.15) is 11.3 Å². The van der Waals surface area contributed by atoms with Crippen LogP contribution in [0.1, 0.15) is 42.7 Å². The second kappa shape index (κ2) is 6.17. The number of aryl methyl sites for hydroxylation is 1. The Labute approximate surface area is 129 Å². The second-order valence-electron chi connectivity index (χ2n) is 5.57. The average Bonchev–Trinajstić information content (AvgIpc) is 2.91. The lowest BCUT2D eigenvalue weighted by molar-refractivity contribution is -0.149. The van der Waals surface area contributed by atoms with Crippen molar-refractivity contribution in [1.82, 2.24) is 14.7 Å². The normalized spacial score (nSPS) is 11.6. The van der Waals surface area contributed by atoms with Gasteiger partial charge in [0.2, 0.25) is 0 Å². The number of hydrogen-bond acceptors (Lipinski definition) is 3. The molecule has 0 bridgehead atoms. The molecule has 2 aromatic rings. The van der Waals surface area contributed by atoms with E-state index in [0.29, 0.717) is 18.5 Å². The smallest absolute Gasteiger partial charge is 0.311 e. The van der Waals surface area contributed by atoms with E-state index in [2.05, 4.69) is 10.3 Å². The highest BCUT2D eigenvalue weighted by atomic mass is 16.4. The molecule has 0 aliphatic rings. The fourth-order valence-corrected chi connectivity index (χ4v) is 2.41. The highest BCUT2D eigenvalue weighted by Crippen LogP contribution is 2.25. The van der Waals surface area contributed by atoms with Crippen molar-refractivity contribution < 1.29 is 14.7 Å². The molecular weight excluding hydrogens is 282 g/mol. The quantitative estimate of drug-likeness (QED) is 0.857. The molecule has 22 heavy (non-hydrogen) atoms. The SMILES string of the molecule is CCC(CC)(CNC(=O)c1cn2ccc(C)cc2n1)C(=O)O. The van der Waals surface area contributed by atoms with E-state index >= 15 is 0 Å². The van der Waals surface area contributed by atoms with Crippen LogP contribution in [0.2, 0.25) is 0 Å². The van der Waals surface area contributed by atoms with Gasteiger partial charge in [0.05, 0.1) is 5.41 Å². The zero-order chi connectivity index (χ0) is 16.3. The number of aliphatic carboxylic acids is 1. The standard InChI is InChI=1S/C16H21N3O3/c1-4-16(5-2,15(21)22)10-17-14(20)12-9-19-7-6-11(3)8-13(19)18-12/h6-9H,4-5,10H2,1-3H3,(H,17,20)(H,21,22). The molecule has 0 saturated carbocycles. The summed E-state index contributed by atoms with van der Waals surface area (Å²) in [5.74, 6) is -1.24. The number of nitrogens with zero attached hydrogens (tertiary/aromatic N) is 2. The van der Waals surface area contributed by atoms with Gasteiger partial charge < -0.3 is 14.8 Å². The van der Waals surface area contributed by atoms with E-state index in [9.17, 15) is 14.7 Å². The van der Waals surface area contributed by atoms with Crippen LogP contribution in [0, 0.1) is 12.3 Å². The average molecular weight is 303 g/mol. The van der Waals surface area contributed by atoms with Crippen LogP contribution in [-0.4, -0.2) is 32.9 Å². The summed E-state index contributed by atoms with van der Waals surface area (Å²) in [5.41, 5.74) is 1.12. The van der Waals surface area contributed by atoms with E-state index in [4.69, 9.17) is 0 Å². The molecule has 2 N–H and O–H groups in total. The minimum absolute atomic E-state index is 0.0983. The molecule has 2 heterocycles. The number of pyridine rings is 1. The Morgan fingerprint density at radius 1 is 1.36 bits per heavy atom. The zero-order valence-electron chi connectivity index (χ0n) is 13.1. The molecule has 0 fully saturated rings. The molecule has 1 amide bonds. The minimum atomic E-state index is -0.925. The van der Waals surface area contributed by atoms with Crippen LogP contribution < -0.4 is 5.32 Å². The number of amides is 1. The molecule has 0 unspecified atom stereocenters. The molecule has 0 aromatic carbocycles. The highest BCUT2D eigenvalue weighted by Gasteiger charge is 2.35. The van der Waals surface area contributed by atoms with Gasteiger partial charge in [0.25, 0.3) is 5.91 Å². The van der Waals surface area contributed by atoms with Crippen LogP contribution >= 0.6 is 0 Å². The Kier molecular flexibility index (Phi) is 4.49. The molecule has 118 valence electrons. The summed E-state index contributed by atoms with van der Waals surface area (Å²) in [5, 5.41) is 12.1. The van der Waals surface area contributed by atoms with Gasteiger partial charge >= 0.3 is 5.97 Å². The summed E-state index contributed by atoms with van der Waals surface area (Å²) in [4.78, 5) is 27.9. The molecule has 2 rings (SSSR count). The largest absolute Gasteiger partial charge is 0.481 e. The fourth-order valence-electron chi connectivity index (χ4n) is 2.41. The number of rotatable bonds is 6. The first kappa shape index (κ1) is 16.0. The lowest BCUT2D eigenvalue weighted by atomic mass is 9.82. The third kappa shape index (κ3) is 2.95. The number of fused-ring (bicyclic) bond motifs is 1. The van der Waals surface area contributed by atoms with Crippen LogP contribution in [0.3, 0.4) is 0 Å². The Morgan fingerprint density at radius 2 is 2.05 bits per heavy atom. The van der Waals surface area contributed by atoms with Crippen LogP contribution in [0.4, 0.5) is 0 Å². The number of carboxylic acid groups (broad SMARTS) is 1. The number of imidazole rings is 1. The first-order valence-electron chi connectivity index (χ1n) is 7.39. The monoisotopic (exact) mass is 303 g/mol. The van der Waals surface area contributed by atoms with E-state index in [-0.39, 0.29) is 18.1 Å². The first-order chi connectivity index (χ1) is 10.4. The van der Waals surface area contributed by atoms with Gasteiger partial charge in [-0.3, -0.25) is 9.59 Å². The predicted octanol–water partition coefficient (Wildman–Crippen LogP) is 2.26. The van der Waals surface area contributed by atoms with Crippen molar-refractivity contribution >= 4 is 17.5 Å². The fraction of sp³-hybridized carbons (Fsp3) is 0.438. The summed E-state index contributed by atoms with van der Waals surface area (Å²) in [6.07, 6.45) is 4.41. The van der Waals surface area contributed by atoms with E-state index in [0.717, 1.165) is 5.56 Å². The summed E-state index contributed by atoms with van der Waals surface area (Å²) in [6, 6.07) is 3.82. The third-order valence-electron chi connectivity index (χ3n) is 4.24. The van der Waals surface area contributed by atoms with Crippen LogP contribution in [0.25, 0.3) is 5.65 Å². The van der Waals surface area contributed by atoms with Gasteiger partial charge in [-0.15, -0.1) is 0 Å². The van der Waals surface area contributed by atoms with Crippen molar-refractivity contribution in [1.29, 1.82) is 0 Å². The number of carbonyl (C=O) groups excluding carboxylic acids is 1. The molecule has 2 aromatic heterocycles. The second-order valence-corrected chi connectivity index (χ2v) is 5.57. The number of nitrogens with one attached hydrogen (secondary N) is 1. The highest BCUT2D eigenvalue weighted by molar-refractivity contribution is 5.93. The zero-order valence-corrected chi connectivity index (χ0v) is 13.1. The Bertz CT molecular complexity index is 702. The maximum Gasteiger partial charge on any atom is 0.311 e. The van der Waals surface area contributed by atoms with Crippen LogP contribution in [0.15, 0.2) is 24.5 Å².